The van der Waals surface area contributed by atoms with E-state index >= 15 is 0 Å². The molecular formula is C16H22ClN3O2S. The van der Waals surface area contributed by atoms with E-state index in [1.165, 1.54) is 0 Å². The van der Waals surface area contributed by atoms with E-state index in [-0.39, 0.29) is 24.4 Å². The molecule has 1 aromatic carbocycles. The normalized spacial score (nSPS) is 20.7. The zero-order valence-electron chi connectivity index (χ0n) is 13.2. The predicted octanol–water partition coefficient (Wildman–Crippen LogP) is 3.29. The average Bonchev–Trinajstić information content (AvgIpc) is 3.13. The lowest BCUT2D eigenvalue weighted by Crippen LogP contribution is -2.29. The second kappa shape index (κ2) is 7.57. The van der Waals surface area contributed by atoms with E-state index in [4.69, 9.17) is 10.5 Å². The Morgan fingerprint density at radius 3 is 2.91 bits per heavy atom. The monoisotopic (exact) mass is 355 g/mol. The van der Waals surface area contributed by atoms with Crippen LogP contribution in [0, 0.1) is 0 Å². The first-order valence-corrected chi connectivity index (χ1v) is 8.45. The highest BCUT2D eigenvalue weighted by molar-refractivity contribution is 7.18. The van der Waals surface area contributed by atoms with E-state index in [0.29, 0.717) is 12.5 Å². The van der Waals surface area contributed by atoms with Crippen LogP contribution >= 0.6 is 23.7 Å². The minimum Gasteiger partial charge on any atom is -0.364 e. The van der Waals surface area contributed by atoms with E-state index in [9.17, 15) is 4.79 Å². The molecule has 0 radical (unpaired) electrons. The zero-order chi connectivity index (χ0) is 15.7. The number of fused-ring (bicyclic) bond motifs is 1. The third-order valence-corrected chi connectivity index (χ3v) is 5.15. The van der Waals surface area contributed by atoms with Gasteiger partial charge in [-0.05, 0) is 31.0 Å². The molecule has 23 heavy (non-hydrogen) atoms. The quantitative estimate of drug-likeness (QED) is 0.882. The average molecular weight is 356 g/mol. The van der Waals surface area contributed by atoms with Gasteiger partial charge in [0.1, 0.15) is 6.10 Å². The first-order valence-electron chi connectivity index (χ1n) is 7.63. The SMILES string of the molecule is CC(C)c1nc2ccc(NC(=O)[C@@H]3CC[C@H](CN)O3)cc2s1.Cl. The minimum atomic E-state index is -0.392. The minimum absolute atomic E-state index is 0. The highest BCUT2D eigenvalue weighted by Crippen LogP contribution is 2.29. The number of carbonyl (C=O) groups is 1. The number of halogens is 1. The maximum absolute atomic E-state index is 12.2. The number of anilines is 1. The van der Waals surface area contributed by atoms with Crippen LogP contribution in [-0.2, 0) is 9.53 Å². The molecule has 0 spiro atoms. The molecule has 1 saturated heterocycles. The summed E-state index contributed by atoms with van der Waals surface area (Å²) in [6, 6.07) is 5.82. The molecular weight excluding hydrogens is 334 g/mol. The van der Waals surface area contributed by atoms with Crippen LogP contribution in [0.3, 0.4) is 0 Å². The number of aromatic nitrogens is 1. The van der Waals surface area contributed by atoms with Gasteiger partial charge in [-0.25, -0.2) is 4.98 Å². The summed E-state index contributed by atoms with van der Waals surface area (Å²) < 4.78 is 6.71. The Labute approximate surface area is 146 Å². The number of hydrogen-bond acceptors (Lipinski definition) is 5. The Morgan fingerprint density at radius 1 is 1.48 bits per heavy atom. The molecule has 0 bridgehead atoms. The van der Waals surface area contributed by atoms with Gasteiger partial charge < -0.3 is 15.8 Å². The van der Waals surface area contributed by atoms with Crippen molar-refractivity contribution in [2.75, 3.05) is 11.9 Å². The molecule has 0 unspecified atom stereocenters. The molecule has 1 aliphatic rings. The van der Waals surface area contributed by atoms with Gasteiger partial charge >= 0.3 is 0 Å². The summed E-state index contributed by atoms with van der Waals surface area (Å²) in [4.78, 5) is 16.8. The zero-order valence-corrected chi connectivity index (χ0v) is 14.9. The van der Waals surface area contributed by atoms with Crippen LogP contribution in [0.25, 0.3) is 10.2 Å². The number of amides is 1. The van der Waals surface area contributed by atoms with Crippen LogP contribution in [-0.4, -0.2) is 29.6 Å². The molecule has 2 heterocycles. The van der Waals surface area contributed by atoms with Gasteiger partial charge in [-0.2, -0.15) is 0 Å². The Bertz CT molecular complexity index is 689. The topological polar surface area (TPSA) is 77.2 Å². The van der Waals surface area contributed by atoms with E-state index < -0.39 is 6.10 Å². The summed E-state index contributed by atoms with van der Waals surface area (Å²) in [5.74, 6) is 0.319. The molecule has 5 nitrogen and oxygen atoms in total. The van der Waals surface area contributed by atoms with Gasteiger partial charge in [0.2, 0.25) is 0 Å². The largest absolute Gasteiger partial charge is 0.364 e. The highest BCUT2D eigenvalue weighted by Gasteiger charge is 2.29. The summed E-state index contributed by atoms with van der Waals surface area (Å²) in [6.07, 6.45) is 1.19. The number of carbonyl (C=O) groups excluding carboxylic acids is 1. The molecule has 0 saturated carbocycles. The molecule has 0 aliphatic carbocycles. The highest BCUT2D eigenvalue weighted by atomic mass is 35.5. The van der Waals surface area contributed by atoms with E-state index in [2.05, 4.69) is 24.1 Å². The smallest absolute Gasteiger partial charge is 0.253 e. The number of benzene rings is 1. The number of ether oxygens (including phenoxy) is 1. The van der Waals surface area contributed by atoms with Crippen molar-refractivity contribution in [3.8, 4) is 0 Å². The van der Waals surface area contributed by atoms with Gasteiger partial charge in [0.15, 0.2) is 0 Å². The number of nitrogens with one attached hydrogen (secondary N) is 1. The van der Waals surface area contributed by atoms with E-state index in [1.807, 2.05) is 18.2 Å². The lowest BCUT2D eigenvalue weighted by Gasteiger charge is -2.12. The fourth-order valence-corrected chi connectivity index (χ4v) is 3.57. The van der Waals surface area contributed by atoms with Gasteiger partial charge in [0.25, 0.3) is 5.91 Å². The Kier molecular flexibility index (Phi) is 5.97. The van der Waals surface area contributed by atoms with Gasteiger partial charge in [0, 0.05) is 18.2 Å². The standard InChI is InChI=1S/C16H21N3O2S.ClH/c1-9(2)16-19-12-5-3-10(7-14(12)22-16)18-15(20)13-6-4-11(8-17)21-13;/h3,5,7,9,11,13H,4,6,8,17H2,1-2H3,(H,18,20);1H/t11-,13+;/m1./s1. The van der Waals surface area contributed by atoms with Crippen molar-refractivity contribution in [3.05, 3.63) is 23.2 Å². The van der Waals surface area contributed by atoms with Crippen LogP contribution in [0.1, 0.15) is 37.6 Å². The second-order valence-corrected chi connectivity index (χ2v) is 7.00. The van der Waals surface area contributed by atoms with Crippen molar-refractivity contribution in [2.24, 2.45) is 5.73 Å². The number of nitrogens with zero attached hydrogens (tertiary/aromatic N) is 1. The van der Waals surface area contributed by atoms with Crippen LogP contribution in [0.2, 0.25) is 0 Å². The number of hydrogen-bond donors (Lipinski definition) is 2. The van der Waals surface area contributed by atoms with Crippen molar-refractivity contribution < 1.29 is 9.53 Å². The molecule has 7 heteroatoms. The van der Waals surface area contributed by atoms with Gasteiger partial charge in [-0.3, -0.25) is 4.79 Å². The number of nitrogens with two attached hydrogens (primary N) is 1. The molecule has 2 atom stereocenters. The molecule has 1 aromatic heterocycles. The van der Waals surface area contributed by atoms with Gasteiger partial charge in [-0.1, -0.05) is 13.8 Å². The van der Waals surface area contributed by atoms with Gasteiger partial charge in [-0.15, -0.1) is 23.7 Å². The van der Waals surface area contributed by atoms with Crippen molar-refractivity contribution in [2.45, 2.75) is 44.8 Å². The molecule has 3 N–H and O–H groups in total. The van der Waals surface area contributed by atoms with E-state index in [1.54, 1.807) is 11.3 Å². The lowest BCUT2D eigenvalue weighted by molar-refractivity contribution is -0.126. The third-order valence-electron chi connectivity index (χ3n) is 3.83. The summed E-state index contributed by atoms with van der Waals surface area (Å²) in [6.45, 7) is 4.73. The Hall–Kier alpha value is -1.21. The first-order chi connectivity index (χ1) is 10.6. The molecule has 3 rings (SSSR count). The second-order valence-electron chi connectivity index (χ2n) is 5.94. The van der Waals surface area contributed by atoms with Gasteiger partial charge in [0.05, 0.1) is 21.3 Å². The maximum atomic E-state index is 12.2. The van der Waals surface area contributed by atoms with E-state index in [0.717, 1.165) is 33.8 Å². The van der Waals surface area contributed by atoms with Crippen LogP contribution < -0.4 is 11.1 Å². The Balaban J connectivity index is 0.00000192. The fraction of sp³-hybridized carbons (Fsp3) is 0.500. The lowest BCUT2D eigenvalue weighted by atomic mass is 10.2. The Morgan fingerprint density at radius 2 is 2.26 bits per heavy atom. The maximum Gasteiger partial charge on any atom is 0.253 e. The third kappa shape index (κ3) is 4.01. The molecule has 1 fully saturated rings. The summed E-state index contributed by atoms with van der Waals surface area (Å²) in [5, 5.41) is 4.05. The van der Waals surface area contributed by atoms with Crippen molar-refractivity contribution in [1.82, 2.24) is 4.98 Å². The van der Waals surface area contributed by atoms with Crippen molar-refractivity contribution >= 4 is 45.6 Å². The molecule has 2 aromatic rings. The molecule has 1 amide bonds. The van der Waals surface area contributed by atoms with Crippen LogP contribution in [0.4, 0.5) is 5.69 Å². The number of thiazole rings is 1. The summed E-state index contributed by atoms with van der Waals surface area (Å²) >= 11 is 1.67. The molecule has 126 valence electrons. The fourth-order valence-electron chi connectivity index (χ4n) is 2.56. The molecule has 1 aliphatic heterocycles. The summed E-state index contributed by atoms with van der Waals surface area (Å²) in [7, 11) is 0. The van der Waals surface area contributed by atoms with Crippen molar-refractivity contribution in [1.29, 1.82) is 0 Å². The summed E-state index contributed by atoms with van der Waals surface area (Å²) in [5.41, 5.74) is 7.34. The predicted molar refractivity (Wildman–Crippen MR) is 96.5 cm³/mol. The number of rotatable bonds is 4. The van der Waals surface area contributed by atoms with Crippen LogP contribution in [0.15, 0.2) is 18.2 Å². The first kappa shape index (κ1) is 18.1. The van der Waals surface area contributed by atoms with Crippen molar-refractivity contribution in [3.63, 3.8) is 0 Å². The van der Waals surface area contributed by atoms with Crippen LogP contribution in [0.5, 0.6) is 0 Å².